The van der Waals surface area contributed by atoms with E-state index in [9.17, 15) is 9.59 Å². The quantitative estimate of drug-likeness (QED) is 0.469. The van der Waals surface area contributed by atoms with Crippen LogP contribution in [0.5, 0.6) is 0 Å². The van der Waals surface area contributed by atoms with Gasteiger partial charge in [-0.1, -0.05) is 21.6 Å². The van der Waals surface area contributed by atoms with Crippen molar-refractivity contribution in [1.82, 2.24) is 4.90 Å². The monoisotopic (exact) mass is 199 g/mol. The molecule has 5 heteroatoms. The molecular weight excluding hydrogens is 194 g/mol. The minimum atomic E-state index is -0.218. The van der Waals surface area contributed by atoms with Gasteiger partial charge in [0.1, 0.15) is 5.37 Å². The first-order valence-electron chi connectivity index (χ1n) is 3.33. The second-order valence-electron chi connectivity index (χ2n) is 2.29. The summed E-state index contributed by atoms with van der Waals surface area (Å²) in [5.74, 6) is -0.436. The van der Waals surface area contributed by atoms with Gasteiger partial charge in [-0.2, -0.15) is 0 Å². The predicted molar refractivity (Wildman–Crippen MR) is 49.1 cm³/mol. The van der Waals surface area contributed by atoms with Crippen LogP contribution in [0, 0.1) is 0 Å². The smallest absolute Gasteiger partial charge is 0.254 e. The van der Waals surface area contributed by atoms with Gasteiger partial charge in [-0.3, -0.25) is 14.5 Å². The summed E-state index contributed by atoms with van der Waals surface area (Å²) in [5.41, 5.74) is 0. The molecule has 12 heavy (non-hydrogen) atoms. The summed E-state index contributed by atoms with van der Waals surface area (Å²) >= 11 is 0. The number of nitrogens with zero attached hydrogens (tertiary/aromatic N) is 1. The number of carbonyl (C=O) groups is 2. The molecule has 0 aromatic carbocycles. The SMILES string of the molecule is O=C1C=CC(=O)N1C1C=CSS1. The van der Waals surface area contributed by atoms with Crippen molar-refractivity contribution in [2.45, 2.75) is 5.37 Å². The molecule has 0 aromatic heterocycles. The largest absolute Gasteiger partial charge is 0.269 e. The predicted octanol–water partition coefficient (Wildman–Crippen LogP) is 1.15. The van der Waals surface area contributed by atoms with Crippen LogP contribution in [0.1, 0.15) is 0 Å². The summed E-state index contributed by atoms with van der Waals surface area (Å²) in [7, 11) is 3.03. The van der Waals surface area contributed by atoms with Crippen LogP contribution in [0.25, 0.3) is 0 Å². The van der Waals surface area contributed by atoms with Crippen molar-refractivity contribution in [3.63, 3.8) is 0 Å². The summed E-state index contributed by atoms with van der Waals surface area (Å²) in [6.07, 6.45) is 4.46. The molecule has 1 unspecified atom stereocenters. The van der Waals surface area contributed by atoms with Crippen LogP contribution in [-0.4, -0.2) is 22.1 Å². The second-order valence-corrected chi connectivity index (χ2v) is 4.59. The van der Waals surface area contributed by atoms with Crippen LogP contribution in [0.2, 0.25) is 0 Å². The van der Waals surface area contributed by atoms with Gasteiger partial charge >= 0.3 is 0 Å². The summed E-state index contributed by atoms with van der Waals surface area (Å²) in [6.45, 7) is 0. The Labute approximate surface area is 77.3 Å². The van der Waals surface area contributed by atoms with E-state index in [1.807, 2.05) is 11.5 Å². The van der Waals surface area contributed by atoms with Crippen LogP contribution < -0.4 is 0 Å². The van der Waals surface area contributed by atoms with Crippen LogP contribution in [0.15, 0.2) is 23.6 Å². The normalized spacial score (nSPS) is 27.7. The van der Waals surface area contributed by atoms with Crippen molar-refractivity contribution in [3.05, 3.63) is 23.6 Å². The first kappa shape index (κ1) is 7.94. The second kappa shape index (κ2) is 2.99. The Morgan fingerprint density at radius 3 is 2.42 bits per heavy atom. The molecule has 0 aromatic rings. The van der Waals surface area contributed by atoms with E-state index in [1.54, 1.807) is 0 Å². The van der Waals surface area contributed by atoms with Gasteiger partial charge in [-0.05, 0) is 11.5 Å². The molecule has 0 fully saturated rings. The molecule has 0 saturated heterocycles. The highest BCUT2D eigenvalue weighted by atomic mass is 33.1. The molecule has 2 heterocycles. The highest BCUT2D eigenvalue weighted by Crippen LogP contribution is 2.38. The maximum atomic E-state index is 11.1. The zero-order valence-electron chi connectivity index (χ0n) is 5.97. The van der Waals surface area contributed by atoms with E-state index in [1.165, 1.54) is 38.6 Å². The van der Waals surface area contributed by atoms with Gasteiger partial charge in [0.15, 0.2) is 0 Å². The lowest BCUT2D eigenvalue weighted by Crippen LogP contribution is -2.35. The Hall–Kier alpha value is -0.680. The number of rotatable bonds is 1. The highest BCUT2D eigenvalue weighted by Gasteiger charge is 2.31. The van der Waals surface area contributed by atoms with Gasteiger partial charge in [0.25, 0.3) is 11.8 Å². The Bertz CT molecular complexity index is 280. The lowest BCUT2D eigenvalue weighted by molar-refractivity contribution is -0.136. The molecule has 2 rings (SSSR count). The average molecular weight is 199 g/mol. The van der Waals surface area contributed by atoms with E-state index >= 15 is 0 Å². The third-order valence-electron chi connectivity index (χ3n) is 1.55. The molecular formula is C7H5NO2S2. The van der Waals surface area contributed by atoms with E-state index < -0.39 is 0 Å². The van der Waals surface area contributed by atoms with E-state index in [0.717, 1.165) is 0 Å². The zero-order chi connectivity index (χ0) is 8.55. The van der Waals surface area contributed by atoms with E-state index in [4.69, 9.17) is 0 Å². The van der Waals surface area contributed by atoms with Crippen molar-refractivity contribution >= 4 is 33.4 Å². The summed E-state index contributed by atoms with van der Waals surface area (Å²) < 4.78 is 0. The van der Waals surface area contributed by atoms with Crippen LogP contribution in [-0.2, 0) is 9.59 Å². The Morgan fingerprint density at radius 1 is 1.25 bits per heavy atom. The van der Waals surface area contributed by atoms with Gasteiger partial charge in [0, 0.05) is 12.2 Å². The molecule has 0 saturated carbocycles. The zero-order valence-corrected chi connectivity index (χ0v) is 7.60. The van der Waals surface area contributed by atoms with Gasteiger partial charge in [-0.25, -0.2) is 0 Å². The van der Waals surface area contributed by atoms with Gasteiger partial charge in [0.2, 0.25) is 0 Å². The van der Waals surface area contributed by atoms with E-state index in [0.29, 0.717) is 0 Å². The lowest BCUT2D eigenvalue weighted by Gasteiger charge is -2.18. The molecule has 0 spiro atoms. The molecule has 0 radical (unpaired) electrons. The van der Waals surface area contributed by atoms with Crippen molar-refractivity contribution in [3.8, 4) is 0 Å². The van der Waals surface area contributed by atoms with E-state index in [2.05, 4.69) is 0 Å². The van der Waals surface area contributed by atoms with Crippen molar-refractivity contribution in [2.75, 3.05) is 0 Å². The van der Waals surface area contributed by atoms with Crippen LogP contribution in [0.3, 0.4) is 0 Å². The minimum absolute atomic E-state index is 0.120. The number of amides is 2. The third kappa shape index (κ3) is 1.19. The number of imide groups is 1. The van der Waals surface area contributed by atoms with Gasteiger partial charge in [0.05, 0.1) is 0 Å². The standard InChI is InChI=1S/C7H5NO2S2/c9-5-1-2-6(10)8(5)7-3-4-11-12-7/h1-4,7H. The maximum absolute atomic E-state index is 11.1. The minimum Gasteiger partial charge on any atom is -0.269 e. The number of hydrogen-bond acceptors (Lipinski definition) is 4. The maximum Gasteiger partial charge on any atom is 0.254 e. The summed E-state index contributed by atoms with van der Waals surface area (Å²) in [4.78, 5) is 23.5. The molecule has 0 N–H and O–H groups in total. The molecule has 2 aliphatic rings. The van der Waals surface area contributed by atoms with Crippen molar-refractivity contribution in [1.29, 1.82) is 0 Å². The van der Waals surface area contributed by atoms with Crippen LogP contribution in [0.4, 0.5) is 0 Å². The number of carbonyl (C=O) groups excluding carboxylic acids is 2. The molecule has 1 atom stereocenters. The molecule has 3 nitrogen and oxygen atoms in total. The van der Waals surface area contributed by atoms with Crippen LogP contribution >= 0.6 is 21.6 Å². The lowest BCUT2D eigenvalue weighted by atomic mass is 10.5. The number of hydrogen-bond donors (Lipinski definition) is 0. The molecule has 62 valence electrons. The van der Waals surface area contributed by atoms with Gasteiger partial charge < -0.3 is 0 Å². The topological polar surface area (TPSA) is 37.4 Å². The highest BCUT2D eigenvalue weighted by molar-refractivity contribution is 8.78. The van der Waals surface area contributed by atoms with Gasteiger partial charge in [-0.15, -0.1) is 0 Å². The fourth-order valence-electron chi connectivity index (χ4n) is 1.01. The fraction of sp³-hybridized carbons (Fsp3) is 0.143. The average Bonchev–Trinajstić information content (AvgIpc) is 2.61. The third-order valence-corrected chi connectivity index (χ3v) is 3.75. The van der Waals surface area contributed by atoms with Crippen molar-refractivity contribution in [2.24, 2.45) is 0 Å². The molecule has 2 aliphatic heterocycles. The first-order chi connectivity index (χ1) is 5.79. The molecule has 0 aliphatic carbocycles. The first-order valence-corrected chi connectivity index (χ1v) is 5.61. The Kier molecular flexibility index (Phi) is 1.98. The van der Waals surface area contributed by atoms with Crippen molar-refractivity contribution < 1.29 is 9.59 Å². The fourth-order valence-corrected chi connectivity index (χ4v) is 3.12. The Balaban J connectivity index is 2.18. The Morgan fingerprint density at radius 2 is 1.92 bits per heavy atom. The molecule has 2 amide bonds. The summed E-state index contributed by atoms with van der Waals surface area (Å²) in [5, 5.41) is 1.76. The molecule has 0 bridgehead atoms. The van der Waals surface area contributed by atoms with E-state index in [-0.39, 0.29) is 17.2 Å². The summed E-state index contributed by atoms with van der Waals surface area (Å²) in [6, 6.07) is 0.